The van der Waals surface area contributed by atoms with Crippen molar-refractivity contribution < 1.29 is 18.0 Å². The van der Waals surface area contributed by atoms with Gasteiger partial charge in [-0.05, 0) is 56.1 Å². The number of carbonyl (C=O) groups is 1. The number of hydrogen-bond acceptors (Lipinski definition) is 2. The smallest absolute Gasteiger partial charge is 0.339 e. The summed E-state index contributed by atoms with van der Waals surface area (Å²) in [6.07, 6.45) is -1.87. The molecule has 6 heteroatoms. The first-order chi connectivity index (χ1) is 10.8. The highest BCUT2D eigenvalue weighted by atomic mass is 19.4. The highest BCUT2D eigenvalue weighted by Gasteiger charge is 2.30. The van der Waals surface area contributed by atoms with Crippen LogP contribution < -0.4 is 5.32 Å². The van der Waals surface area contributed by atoms with Crippen molar-refractivity contribution in [3.63, 3.8) is 0 Å². The van der Waals surface area contributed by atoms with Crippen LogP contribution in [0, 0.1) is 5.92 Å². The summed E-state index contributed by atoms with van der Waals surface area (Å²) in [5.74, 6) is 0.379. The summed E-state index contributed by atoms with van der Waals surface area (Å²) in [7, 11) is 1.89. The molecule has 0 radical (unpaired) electrons. The molecule has 1 aliphatic heterocycles. The molecule has 1 aromatic carbocycles. The zero-order valence-electron chi connectivity index (χ0n) is 13.3. The van der Waals surface area contributed by atoms with E-state index in [2.05, 4.69) is 5.32 Å². The molecule has 23 heavy (non-hydrogen) atoms. The number of benzene rings is 1. The van der Waals surface area contributed by atoms with Crippen molar-refractivity contribution in [2.75, 3.05) is 26.7 Å². The van der Waals surface area contributed by atoms with E-state index in [0.717, 1.165) is 38.2 Å². The Kier molecular flexibility index (Phi) is 5.46. The summed E-state index contributed by atoms with van der Waals surface area (Å²) in [4.78, 5) is 14.0. The first-order valence-electron chi connectivity index (χ1n) is 7.60. The van der Waals surface area contributed by atoms with Crippen LogP contribution in [0.3, 0.4) is 0 Å². The van der Waals surface area contributed by atoms with Crippen LogP contribution in [0.4, 0.5) is 13.2 Å². The highest BCUT2D eigenvalue weighted by molar-refractivity contribution is 5.95. The van der Waals surface area contributed by atoms with Gasteiger partial charge in [0, 0.05) is 19.2 Å². The molecule has 1 fully saturated rings. The van der Waals surface area contributed by atoms with Crippen molar-refractivity contribution >= 4 is 11.5 Å². The van der Waals surface area contributed by atoms with Gasteiger partial charge in [0.25, 0.3) is 0 Å². The third-order valence-corrected chi connectivity index (χ3v) is 4.10. The molecule has 0 bridgehead atoms. The molecule has 1 aromatic rings. The van der Waals surface area contributed by atoms with E-state index in [1.807, 2.05) is 7.05 Å². The minimum atomic E-state index is -4.34. The predicted molar refractivity (Wildman–Crippen MR) is 83.7 cm³/mol. The van der Waals surface area contributed by atoms with Gasteiger partial charge in [-0.2, -0.15) is 13.2 Å². The van der Waals surface area contributed by atoms with Gasteiger partial charge >= 0.3 is 6.18 Å². The summed E-state index contributed by atoms with van der Waals surface area (Å²) >= 11 is 0. The summed E-state index contributed by atoms with van der Waals surface area (Å²) in [6, 6.07) is 4.87. The molecule has 2 rings (SSSR count). The molecular weight excluding hydrogens is 305 g/mol. The lowest BCUT2D eigenvalue weighted by molar-refractivity contribution is -0.137. The third-order valence-electron chi connectivity index (χ3n) is 4.10. The third kappa shape index (κ3) is 4.58. The number of amides is 1. The van der Waals surface area contributed by atoms with Crippen molar-refractivity contribution in [2.45, 2.75) is 19.5 Å². The average Bonchev–Trinajstić information content (AvgIpc) is 2.95. The van der Waals surface area contributed by atoms with E-state index >= 15 is 0 Å². The predicted octanol–water partition coefficient (Wildman–Crippen LogP) is 3.18. The van der Waals surface area contributed by atoms with E-state index < -0.39 is 11.7 Å². The first-order valence-corrected chi connectivity index (χ1v) is 7.60. The van der Waals surface area contributed by atoms with Gasteiger partial charge in [0.1, 0.15) is 0 Å². The maximum atomic E-state index is 12.6. The molecule has 0 saturated carbocycles. The summed E-state index contributed by atoms with van der Waals surface area (Å²) < 4.78 is 37.7. The fraction of sp³-hybridized carbons (Fsp3) is 0.471. The number of hydrogen-bond donors (Lipinski definition) is 1. The Bertz CT molecular complexity index is 578. The van der Waals surface area contributed by atoms with Gasteiger partial charge in [-0.3, -0.25) is 4.79 Å². The van der Waals surface area contributed by atoms with Gasteiger partial charge in [-0.15, -0.1) is 0 Å². The second-order valence-electron chi connectivity index (χ2n) is 5.90. The minimum Gasteiger partial charge on any atom is -0.339 e. The van der Waals surface area contributed by atoms with E-state index in [1.54, 1.807) is 11.8 Å². The Labute approximate surface area is 134 Å². The van der Waals surface area contributed by atoms with Crippen LogP contribution in [-0.4, -0.2) is 37.5 Å². The molecule has 1 amide bonds. The Morgan fingerprint density at radius 1 is 1.35 bits per heavy atom. The van der Waals surface area contributed by atoms with Crippen LogP contribution in [0.5, 0.6) is 0 Å². The first kappa shape index (κ1) is 17.5. The second kappa shape index (κ2) is 7.17. The minimum absolute atomic E-state index is 0.0824. The quantitative estimate of drug-likeness (QED) is 0.862. The van der Waals surface area contributed by atoms with Crippen LogP contribution in [0.2, 0.25) is 0 Å². The number of carbonyl (C=O) groups excluding carboxylic acids is 1. The molecule has 1 saturated heterocycles. The largest absolute Gasteiger partial charge is 0.416 e. The zero-order chi connectivity index (χ0) is 17.0. The number of allylic oxidation sites excluding steroid dienone is 1. The van der Waals surface area contributed by atoms with E-state index in [-0.39, 0.29) is 5.91 Å². The molecule has 1 heterocycles. The number of nitrogens with one attached hydrogen (secondary N) is 1. The van der Waals surface area contributed by atoms with Crippen molar-refractivity contribution in [1.82, 2.24) is 10.2 Å². The highest BCUT2D eigenvalue weighted by Crippen LogP contribution is 2.30. The van der Waals surface area contributed by atoms with Gasteiger partial charge in [-0.25, -0.2) is 0 Å². The van der Waals surface area contributed by atoms with Crippen molar-refractivity contribution in [3.8, 4) is 0 Å². The van der Waals surface area contributed by atoms with Gasteiger partial charge < -0.3 is 10.2 Å². The standard InChI is InChI=1S/C17H21F3N2O/c1-12(14-3-5-15(6-4-14)17(18,19)20)9-16(23)22-8-7-13(11-22)10-21-2/h3-6,9,13,21H,7-8,10-11H2,1-2H3/b12-9-. The Balaban J connectivity index is 2.03. The number of halogens is 3. The summed E-state index contributed by atoms with van der Waals surface area (Å²) in [6.45, 7) is 4.06. The maximum Gasteiger partial charge on any atom is 0.416 e. The van der Waals surface area contributed by atoms with Gasteiger partial charge in [0.15, 0.2) is 0 Å². The second-order valence-corrected chi connectivity index (χ2v) is 5.90. The lowest BCUT2D eigenvalue weighted by Crippen LogP contribution is -2.29. The molecule has 1 N–H and O–H groups in total. The van der Waals surface area contributed by atoms with E-state index in [1.165, 1.54) is 18.2 Å². The molecule has 0 spiro atoms. The maximum absolute atomic E-state index is 12.6. The van der Waals surface area contributed by atoms with Crippen LogP contribution in [0.25, 0.3) is 5.57 Å². The monoisotopic (exact) mass is 326 g/mol. The molecule has 3 nitrogen and oxygen atoms in total. The van der Waals surface area contributed by atoms with Gasteiger partial charge in [0.2, 0.25) is 5.91 Å². The summed E-state index contributed by atoms with van der Waals surface area (Å²) in [5, 5.41) is 3.11. The number of alkyl halides is 3. The topological polar surface area (TPSA) is 32.3 Å². The average molecular weight is 326 g/mol. The Hall–Kier alpha value is -1.82. The fourth-order valence-electron chi connectivity index (χ4n) is 2.77. The lowest BCUT2D eigenvalue weighted by Gasteiger charge is -2.15. The van der Waals surface area contributed by atoms with Crippen molar-refractivity contribution in [2.24, 2.45) is 5.92 Å². The molecule has 1 atom stereocenters. The van der Waals surface area contributed by atoms with E-state index in [4.69, 9.17) is 0 Å². The SMILES string of the molecule is CNCC1CCN(C(=O)/C=C(/C)c2ccc(C(F)(F)F)cc2)C1. The van der Waals surface area contributed by atoms with Crippen molar-refractivity contribution in [3.05, 3.63) is 41.5 Å². The molecule has 1 aliphatic rings. The number of nitrogens with zero attached hydrogens (tertiary/aromatic N) is 1. The normalized spacial score (nSPS) is 19.3. The van der Waals surface area contributed by atoms with Crippen molar-refractivity contribution in [1.29, 1.82) is 0 Å². The Morgan fingerprint density at radius 2 is 2.00 bits per heavy atom. The van der Waals surface area contributed by atoms with Crippen LogP contribution >= 0.6 is 0 Å². The van der Waals surface area contributed by atoms with Crippen LogP contribution in [0.15, 0.2) is 30.3 Å². The van der Waals surface area contributed by atoms with E-state index in [0.29, 0.717) is 17.1 Å². The lowest BCUT2D eigenvalue weighted by atomic mass is 10.0. The zero-order valence-corrected chi connectivity index (χ0v) is 13.3. The van der Waals surface area contributed by atoms with Gasteiger partial charge in [-0.1, -0.05) is 12.1 Å². The van der Waals surface area contributed by atoms with Crippen LogP contribution in [0.1, 0.15) is 24.5 Å². The van der Waals surface area contributed by atoms with Gasteiger partial charge in [0.05, 0.1) is 5.56 Å². The Morgan fingerprint density at radius 3 is 2.57 bits per heavy atom. The number of rotatable bonds is 4. The van der Waals surface area contributed by atoms with Crippen LogP contribution in [-0.2, 0) is 11.0 Å². The molecule has 0 aliphatic carbocycles. The molecular formula is C17H21F3N2O. The molecule has 1 unspecified atom stereocenters. The molecule has 0 aromatic heterocycles. The molecule has 126 valence electrons. The summed E-state index contributed by atoms with van der Waals surface area (Å²) in [5.41, 5.74) is 0.605. The fourth-order valence-corrected chi connectivity index (χ4v) is 2.77. The van der Waals surface area contributed by atoms with E-state index in [9.17, 15) is 18.0 Å². The number of likely N-dealkylation sites (tertiary alicyclic amines) is 1.